The summed E-state index contributed by atoms with van der Waals surface area (Å²) in [7, 11) is 0. The van der Waals surface area contributed by atoms with Gasteiger partial charge >= 0.3 is 11.9 Å². The molecule has 0 aromatic heterocycles. The van der Waals surface area contributed by atoms with Crippen LogP contribution < -0.4 is 10.1 Å². The van der Waals surface area contributed by atoms with Gasteiger partial charge in [-0.1, -0.05) is 17.7 Å². The maximum Gasteiger partial charge on any atom is 0.394 e. The Hall–Kier alpha value is -1.75. The second-order valence-corrected chi connectivity index (χ2v) is 3.75. The van der Waals surface area contributed by atoms with Crippen LogP contribution >= 0.6 is 11.6 Å². The van der Waals surface area contributed by atoms with Crippen LogP contribution in [-0.4, -0.2) is 30.1 Å². The van der Waals surface area contributed by atoms with Gasteiger partial charge in [-0.25, -0.2) is 4.79 Å². The first kappa shape index (κ1) is 13.3. The molecule has 0 aliphatic carbocycles. The van der Waals surface area contributed by atoms with E-state index in [0.717, 1.165) is 5.56 Å². The first-order chi connectivity index (χ1) is 8.00. The van der Waals surface area contributed by atoms with Crippen molar-refractivity contribution in [3.05, 3.63) is 28.8 Å². The van der Waals surface area contributed by atoms with E-state index in [-0.39, 0.29) is 13.2 Å². The third-order valence-corrected chi connectivity index (χ3v) is 2.24. The second kappa shape index (κ2) is 6.10. The Kier molecular flexibility index (Phi) is 4.78. The van der Waals surface area contributed by atoms with Crippen LogP contribution in [0.1, 0.15) is 5.56 Å². The van der Waals surface area contributed by atoms with E-state index in [4.69, 9.17) is 21.4 Å². The molecular formula is C11H12ClNO4. The third kappa shape index (κ3) is 4.32. The molecule has 0 saturated carbocycles. The van der Waals surface area contributed by atoms with Gasteiger partial charge in [0.2, 0.25) is 0 Å². The van der Waals surface area contributed by atoms with Crippen LogP contribution in [0.15, 0.2) is 18.2 Å². The van der Waals surface area contributed by atoms with E-state index in [1.165, 1.54) is 0 Å². The van der Waals surface area contributed by atoms with Gasteiger partial charge in [0.05, 0.1) is 11.6 Å². The number of carbonyl (C=O) groups excluding carboxylic acids is 1. The van der Waals surface area contributed by atoms with Crippen LogP contribution in [0.5, 0.6) is 5.75 Å². The summed E-state index contributed by atoms with van der Waals surface area (Å²) >= 11 is 5.88. The zero-order valence-electron chi connectivity index (χ0n) is 9.20. The van der Waals surface area contributed by atoms with Crippen molar-refractivity contribution in [1.29, 1.82) is 0 Å². The van der Waals surface area contributed by atoms with Gasteiger partial charge in [0.15, 0.2) is 0 Å². The summed E-state index contributed by atoms with van der Waals surface area (Å²) in [6.07, 6.45) is 0. The molecule has 0 aliphatic heterocycles. The van der Waals surface area contributed by atoms with Crippen molar-refractivity contribution in [2.75, 3.05) is 13.2 Å². The minimum atomic E-state index is -1.52. The molecule has 6 heteroatoms. The lowest BCUT2D eigenvalue weighted by molar-refractivity contribution is -0.150. The van der Waals surface area contributed by atoms with Crippen molar-refractivity contribution in [1.82, 2.24) is 5.32 Å². The first-order valence-corrected chi connectivity index (χ1v) is 5.28. The average molecular weight is 258 g/mol. The summed E-state index contributed by atoms with van der Waals surface area (Å²) < 4.78 is 5.31. The molecule has 1 rings (SSSR count). The molecule has 0 bridgehead atoms. The maximum atomic E-state index is 10.7. The summed E-state index contributed by atoms with van der Waals surface area (Å²) in [5.74, 6) is -2.06. The number of carbonyl (C=O) groups is 2. The molecule has 0 radical (unpaired) electrons. The number of halogens is 1. The largest absolute Gasteiger partial charge is 0.490 e. The molecular weight excluding hydrogens is 246 g/mol. The molecule has 0 unspecified atom stereocenters. The number of hydrogen-bond acceptors (Lipinski definition) is 3. The molecule has 5 nitrogen and oxygen atoms in total. The standard InChI is InChI=1S/C11H12ClNO4/c1-7-2-3-8(12)9(6-7)17-5-4-13-10(14)11(15)16/h2-3,6H,4-5H2,1H3,(H,13,14)(H,15,16). The van der Waals surface area contributed by atoms with Crippen molar-refractivity contribution >= 4 is 23.5 Å². The fourth-order valence-corrected chi connectivity index (χ4v) is 1.29. The van der Waals surface area contributed by atoms with Gasteiger partial charge in [-0.3, -0.25) is 4.79 Å². The Bertz CT molecular complexity index is 433. The summed E-state index contributed by atoms with van der Waals surface area (Å²) in [5, 5.41) is 11.0. The fraction of sp³-hybridized carbons (Fsp3) is 0.273. The van der Waals surface area contributed by atoms with Crippen LogP contribution in [0.2, 0.25) is 5.02 Å². The van der Waals surface area contributed by atoms with E-state index in [1.807, 2.05) is 13.0 Å². The van der Waals surface area contributed by atoms with Gasteiger partial charge in [0.1, 0.15) is 12.4 Å². The van der Waals surface area contributed by atoms with E-state index in [0.29, 0.717) is 10.8 Å². The second-order valence-electron chi connectivity index (χ2n) is 3.34. The quantitative estimate of drug-likeness (QED) is 0.628. The van der Waals surface area contributed by atoms with E-state index in [9.17, 15) is 9.59 Å². The summed E-state index contributed by atoms with van der Waals surface area (Å²) in [5.41, 5.74) is 0.999. The minimum Gasteiger partial charge on any atom is -0.490 e. The van der Waals surface area contributed by atoms with Crippen LogP contribution in [0.3, 0.4) is 0 Å². The number of aliphatic carboxylic acids is 1. The molecule has 1 aromatic carbocycles. The number of amides is 1. The summed E-state index contributed by atoms with van der Waals surface area (Å²) in [6, 6.07) is 5.32. The highest BCUT2D eigenvalue weighted by Gasteiger charge is 2.09. The highest BCUT2D eigenvalue weighted by Crippen LogP contribution is 2.24. The monoisotopic (exact) mass is 257 g/mol. The lowest BCUT2D eigenvalue weighted by Crippen LogP contribution is -2.33. The Balaban J connectivity index is 2.38. The predicted molar refractivity (Wildman–Crippen MR) is 62.3 cm³/mol. The van der Waals surface area contributed by atoms with Gasteiger partial charge in [-0.15, -0.1) is 0 Å². The topological polar surface area (TPSA) is 75.6 Å². The predicted octanol–water partition coefficient (Wildman–Crippen LogP) is 1.23. The van der Waals surface area contributed by atoms with Gasteiger partial charge in [0.25, 0.3) is 0 Å². The number of ether oxygens (including phenoxy) is 1. The molecule has 2 N–H and O–H groups in total. The van der Waals surface area contributed by atoms with Crippen LogP contribution in [-0.2, 0) is 9.59 Å². The van der Waals surface area contributed by atoms with Crippen LogP contribution in [0.25, 0.3) is 0 Å². The van der Waals surface area contributed by atoms with Crippen molar-refractivity contribution in [2.45, 2.75) is 6.92 Å². The normalized spacial score (nSPS) is 9.76. The molecule has 1 amide bonds. The number of carboxylic acid groups (broad SMARTS) is 1. The van der Waals surface area contributed by atoms with E-state index < -0.39 is 11.9 Å². The smallest absolute Gasteiger partial charge is 0.394 e. The summed E-state index contributed by atoms with van der Waals surface area (Å²) in [6.45, 7) is 2.16. The maximum absolute atomic E-state index is 10.7. The van der Waals surface area contributed by atoms with E-state index >= 15 is 0 Å². The molecule has 92 valence electrons. The Morgan fingerprint density at radius 3 is 2.82 bits per heavy atom. The Morgan fingerprint density at radius 2 is 2.18 bits per heavy atom. The number of benzene rings is 1. The Morgan fingerprint density at radius 1 is 1.47 bits per heavy atom. The number of aryl methyl sites for hydroxylation is 1. The SMILES string of the molecule is Cc1ccc(Cl)c(OCCNC(=O)C(=O)O)c1. The zero-order valence-corrected chi connectivity index (χ0v) is 9.95. The van der Waals surface area contributed by atoms with Gasteiger partial charge < -0.3 is 15.2 Å². The first-order valence-electron chi connectivity index (χ1n) is 4.91. The van der Waals surface area contributed by atoms with Crippen molar-refractivity contribution in [3.8, 4) is 5.75 Å². The molecule has 1 aromatic rings. The van der Waals surface area contributed by atoms with Gasteiger partial charge in [-0.2, -0.15) is 0 Å². The van der Waals surface area contributed by atoms with E-state index in [2.05, 4.69) is 5.32 Å². The lowest BCUT2D eigenvalue weighted by atomic mass is 10.2. The molecule has 0 saturated heterocycles. The lowest BCUT2D eigenvalue weighted by Gasteiger charge is -2.08. The molecule has 17 heavy (non-hydrogen) atoms. The van der Waals surface area contributed by atoms with Crippen molar-refractivity contribution in [3.63, 3.8) is 0 Å². The number of hydrogen-bond donors (Lipinski definition) is 2. The number of nitrogens with one attached hydrogen (secondary N) is 1. The fourth-order valence-electron chi connectivity index (χ4n) is 1.12. The summed E-state index contributed by atoms with van der Waals surface area (Å²) in [4.78, 5) is 20.9. The third-order valence-electron chi connectivity index (χ3n) is 1.93. The van der Waals surface area contributed by atoms with Crippen molar-refractivity contribution < 1.29 is 19.4 Å². The molecule has 0 heterocycles. The van der Waals surface area contributed by atoms with E-state index in [1.54, 1.807) is 12.1 Å². The highest BCUT2D eigenvalue weighted by molar-refractivity contribution is 6.32. The molecule has 0 spiro atoms. The molecule has 0 atom stereocenters. The van der Waals surface area contributed by atoms with Gasteiger partial charge in [-0.05, 0) is 24.6 Å². The molecule has 0 aliphatic rings. The molecule has 0 fully saturated rings. The highest BCUT2D eigenvalue weighted by atomic mass is 35.5. The average Bonchev–Trinajstić information content (AvgIpc) is 2.28. The number of carboxylic acids is 1. The Labute approximate surface area is 103 Å². The van der Waals surface area contributed by atoms with Crippen molar-refractivity contribution in [2.24, 2.45) is 0 Å². The minimum absolute atomic E-state index is 0.107. The van der Waals surface area contributed by atoms with Gasteiger partial charge in [0, 0.05) is 0 Å². The van der Waals surface area contributed by atoms with Crippen LogP contribution in [0.4, 0.5) is 0 Å². The van der Waals surface area contributed by atoms with Crippen LogP contribution in [0, 0.1) is 6.92 Å². The number of rotatable bonds is 4. The zero-order chi connectivity index (χ0) is 12.8.